The van der Waals surface area contributed by atoms with E-state index in [0.29, 0.717) is 5.02 Å². The van der Waals surface area contributed by atoms with Crippen molar-refractivity contribution in [1.82, 2.24) is 0 Å². The van der Waals surface area contributed by atoms with E-state index in [4.69, 9.17) is 17.3 Å². The van der Waals surface area contributed by atoms with Gasteiger partial charge in [0.15, 0.2) is 0 Å². The zero-order valence-electron chi connectivity index (χ0n) is 10.4. The maximum Gasteiger partial charge on any atom is 0.123 e. The van der Waals surface area contributed by atoms with Crippen molar-refractivity contribution in [3.63, 3.8) is 0 Å². The molecule has 94 valence electrons. The van der Waals surface area contributed by atoms with Crippen molar-refractivity contribution < 1.29 is 4.39 Å². The fourth-order valence-corrected chi connectivity index (χ4v) is 2.30. The molecule has 2 aromatic carbocycles. The fraction of sp³-hybridized carbons (Fsp3) is 0.200. The number of hydrogen-bond acceptors (Lipinski definition) is 1. The Morgan fingerprint density at radius 1 is 1.06 bits per heavy atom. The summed E-state index contributed by atoms with van der Waals surface area (Å²) in [5.41, 5.74) is 10.5. The highest BCUT2D eigenvalue weighted by molar-refractivity contribution is 6.33. The Kier molecular flexibility index (Phi) is 3.69. The molecule has 0 saturated heterocycles. The predicted octanol–water partition coefficient (Wildman–Crippen LogP) is 4.22. The summed E-state index contributed by atoms with van der Waals surface area (Å²) in [6.45, 7) is 4.33. The van der Waals surface area contributed by atoms with Gasteiger partial charge in [0.05, 0.1) is 0 Å². The zero-order valence-corrected chi connectivity index (χ0v) is 11.2. The van der Waals surface area contributed by atoms with Gasteiger partial charge in [0.1, 0.15) is 5.82 Å². The maximum absolute atomic E-state index is 13.2. The summed E-state index contributed by atoms with van der Waals surface area (Å²) in [6, 6.07) is 8.56. The third-order valence-electron chi connectivity index (χ3n) is 3.16. The van der Waals surface area contributed by atoms with E-state index in [2.05, 4.69) is 0 Å². The van der Waals surface area contributed by atoms with Gasteiger partial charge in [0.25, 0.3) is 0 Å². The summed E-state index contributed by atoms with van der Waals surface area (Å²) in [4.78, 5) is 0. The molecule has 0 aliphatic rings. The van der Waals surface area contributed by atoms with Gasteiger partial charge in [-0.3, -0.25) is 0 Å². The van der Waals surface area contributed by atoms with Crippen LogP contribution in [0.25, 0.3) is 11.1 Å². The second-order valence-corrected chi connectivity index (χ2v) is 4.83. The number of nitrogens with two attached hydrogens (primary N) is 1. The quantitative estimate of drug-likeness (QED) is 0.862. The van der Waals surface area contributed by atoms with E-state index in [1.165, 1.54) is 12.1 Å². The molecular weight excluding hydrogens is 249 g/mol. The Labute approximate surface area is 111 Å². The monoisotopic (exact) mass is 263 g/mol. The van der Waals surface area contributed by atoms with E-state index in [1.807, 2.05) is 26.0 Å². The minimum Gasteiger partial charge on any atom is -0.326 e. The first-order valence-corrected chi connectivity index (χ1v) is 6.16. The first-order valence-electron chi connectivity index (χ1n) is 5.78. The molecule has 0 aromatic heterocycles. The highest BCUT2D eigenvalue weighted by atomic mass is 35.5. The van der Waals surface area contributed by atoms with E-state index in [0.717, 1.165) is 27.8 Å². The third-order valence-corrected chi connectivity index (χ3v) is 3.47. The summed E-state index contributed by atoms with van der Waals surface area (Å²) in [6.07, 6.45) is 0. The first-order chi connectivity index (χ1) is 8.52. The van der Waals surface area contributed by atoms with E-state index < -0.39 is 0 Å². The van der Waals surface area contributed by atoms with Crippen LogP contribution in [0.1, 0.15) is 16.7 Å². The van der Waals surface area contributed by atoms with Crippen LogP contribution in [-0.4, -0.2) is 0 Å². The van der Waals surface area contributed by atoms with Crippen LogP contribution in [0, 0.1) is 19.7 Å². The van der Waals surface area contributed by atoms with Gasteiger partial charge in [0.2, 0.25) is 0 Å². The highest BCUT2D eigenvalue weighted by Gasteiger charge is 2.10. The Bertz CT molecular complexity index is 593. The zero-order chi connectivity index (χ0) is 13.3. The van der Waals surface area contributed by atoms with Crippen LogP contribution >= 0.6 is 11.6 Å². The van der Waals surface area contributed by atoms with Crippen molar-refractivity contribution in [3.05, 3.63) is 57.9 Å². The molecule has 1 nitrogen and oxygen atoms in total. The lowest BCUT2D eigenvalue weighted by atomic mass is 9.96. The average Bonchev–Trinajstić information content (AvgIpc) is 2.34. The van der Waals surface area contributed by atoms with Crippen LogP contribution in [0.4, 0.5) is 4.39 Å². The van der Waals surface area contributed by atoms with Gasteiger partial charge in [-0.25, -0.2) is 4.39 Å². The molecule has 0 spiro atoms. The Hall–Kier alpha value is -1.38. The smallest absolute Gasteiger partial charge is 0.123 e. The molecular formula is C15H15ClFN. The number of rotatable bonds is 2. The lowest BCUT2D eigenvalue weighted by Crippen LogP contribution is -2.00. The molecule has 0 unspecified atom stereocenters. The molecule has 0 bridgehead atoms. The molecule has 2 N–H and O–H groups in total. The van der Waals surface area contributed by atoms with E-state index in [1.54, 1.807) is 6.07 Å². The van der Waals surface area contributed by atoms with Gasteiger partial charge in [-0.15, -0.1) is 0 Å². The van der Waals surface area contributed by atoms with Crippen molar-refractivity contribution in [1.29, 1.82) is 0 Å². The van der Waals surface area contributed by atoms with Gasteiger partial charge in [0, 0.05) is 17.1 Å². The van der Waals surface area contributed by atoms with Gasteiger partial charge in [-0.1, -0.05) is 17.7 Å². The maximum atomic E-state index is 13.2. The van der Waals surface area contributed by atoms with Crippen molar-refractivity contribution in [2.75, 3.05) is 0 Å². The molecule has 0 amide bonds. The average molecular weight is 264 g/mol. The molecule has 0 aliphatic heterocycles. The van der Waals surface area contributed by atoms with Crippen molar-refractivity contribution in [2.45, 2.75) is 20.4 Å². The first kappa shape index (κ1) is 13.1. The second kappa shape index (κ2) is 5.09. The van der Waals surface area contributed by atoms with Crippen LogP contribution in [0.3, 0.4) is 0 Å². The van der Waals surface area contributed by atoms with Crippen LogP contribution in [-0.2, 0) is 6.54 Å². The largest absolute Gasteiger partial charge is 0.326 e. The van der Waals surface area contributed by atoms with Gasteiger partial charge in [-0.2, -0.15) is 0 Å². The summed E-state index contributed by atoms with van der Waals surface area (Å²) in [5.74, 6) is -0.279. The molecule has 0 heterocycles. The van der Waals surface area contributed by atoms with Gasteiger partial charge in [-0.05, 0) is 60.4 Å². The molecule has 18 heavy (non-hydrogen) atoms. The second-order valence-electron chi connectivity index (χ2n) is 4.42. The number of hydrogen-bond donors (Lipinski definition) is 1. The Morgan fingerprint density at radius 2 is 1.72 bits per heavy atom. The normalized spacial score (nSPS) is 10.7. The topological polar surface area (TPSA) is 26.0 Å². The molecule has 2 rings (SSSR count). The summed E-state index contributed by atoms with van der Waals surface area (Å²) >= 11 is 6.27. The van der Waals surface area contributed by atoms with E-state index in [-0.39, 0.29) is 12.4 Å². The SMILES string of the molecule is Cc1cc(Cl)c(-c2ccc(F)cc2CN)cc1C. The standard InChI is InChI=1S/C15H15ClFN/c1-9-5-14(15(16)6-10(9)2)13-4-3-12(17)7-11(13)8-18/h3-7H,8,18H2,1-2H3. The molecule has 0 fully saturated rings. The fourth-order valence-electron chi connectivity index (χ4n) is 1.98. The van der Waals surface area contributed by atoms with E-state index in [9.17, 15) is 4.39 Å². The highest BCUT2D eigenvalue weighted by Crippen LogP contribution is 2.33. The van der Waals surface area contributed by atoms with Crippen molar-refractivity contribution in [2.24, 2.45) is 5.73 Å². The van der Waals surface area contributed by atoms with Crippen LogP contribution < -0.4 is 5.73 Å². The number of aryl methyl sites for hydroxylation is 2. The van der Waals surface area contributed by atoms with Gasteiger partial charge < -0.3 is 5.73 Å². The molecule has 0 radical (unpaired) electrons. The van der Waals surface area contributed by atoms with E-state index >= 15 is 0 Å². The Morgan fingerprint density at radius 3 is 2.39 bits per heavy atom. The number of benzene rings is 2. The summed E-state index contributed by atoms with van der Waals surface area (Å²) < 4.78 is 13.2. The minimum atomic E-state index is -0.279. The lowest BCUT2D eigenvalue weighted by Gasteiger charge is -2.12. The number of halogens is 2. The summed E-state index contributed by atoms with van der Waals surface area (Å²) in [5, 5.41) is 0.666. The third kappa shape index (κ3) is 2.40. The lowest BCUT2D eigenvalue weighted by molar-refractivity contribution is 0.625. The molecule has 0 aliphatic carbocycles. The molecule has 0 saturated carbocycles. The van der Waals surface area contributed by atoms with Crippen molar-refractivity contribution in [3.8, 4) is 11.1 Å². The van der Waals surface area contributed by atoms with Crippen LogP contribution in [0.15, 0.2) is 30.3 Å². The Balaban J connectivity index is 2.65. The molecule has 0 atom stereocenters. The summed E-state index contributed by atoms with van der Waals surface area (Å²) in [7, 11) is 0. The molecule has 3 heteroatoms. The van der Waals surface area contributed by atoms with Crippen molar-refractivity contribution >= 4 is 11.6 Å². The minimum absolute atomic E-state index is 0.279. The molecule has 2 aromatic rings. The van der Waals surface area contributed by atoms with Crippen LogP contribution in [0.2, 0.25) is 5.02 Å². The predicted molar refractivity (Wildman–Crippen MR) is 74.2 cm³/mol. The van der Waals surface area contributed by atoms with Gasteiger partial charge >= 0.3 is 0 Å². The van der Waals surface area contributed by atoms with Crippen LogP contribution in [0.5, 0.6) is 0 Å².